The van der Waals surface area contributed by atoms with Gasteiger partial charge in [0.25, 0.3) is 0 Å². The molecular formula is C27H34N2O2. The summed E-state index contributed by atoms with van der Waals surface area (Å²) in [4.78, 5) is 20.4. The van der Waals surface area contributed by atoms with Crippen molar-refractivity contribution < 1.29 is 9.53 Å². The molecule has 0 bridgehead atoms. The summed E-state index contributed by atoms with van der Waals surface area (Å²) in [5, 5.41) is 0. The molecule has 0 saturated carbocycles. The summed E-state index contributed by atoms with van der Waals surface area (Å²) in [6, 6.07) is 20.1. The highest BCUT2D eigenvalue weighted by Crippen LogP contribution is 2.30. The van der Waals surface area contributed by atoms with Gasteiger partial charge in [0.2, 0.25) is 0 Å². The Morgan fingerprint density at radius 2 is 1.39 bits per heavy atom. The van der Waals surface area contributed by atoms with Crippen LogP contribution in [-0.4, -0.2) is 22.5 Å². The molecule has 0 aliphatic rings. The fourth-order valence-electron chi connectivity index (χ4n) is 3.73. The first kappa shape index (κ1) is 22.8. The van der Waals surface area contributed by atoms with Crippen LogP contribution in [0.4, 0.5) is 0 Å². The van der Waals surface area contributed by atoms with Crippen LogP contribution in [0.15, 0.2) is 60.7 Å². The van der Waals surface area contributed by atoms with E-state index >= 15 is 0 Å². The summed E-state index contributed by atoms with van der Waals surface area (Å²) in [7, 11) is 0. The molecule has 1 N–H and O–H groups in total. The van der Waals surface area contributed by atoms with Crippen LogP contribution < -0.4 is 0 Å². The number of aromatic amines is 1. The van der Waals surface area contributed by atoms with Gasteiger partial charge < -0.3 is 9.72 Å². The van der Waals surface area contributed by atoms with Crippen LogP contribution in [0, 0.1) is 0 Å². The van der Waals surface area contributed by atoms with Gasteiger partial charge >= 0.3 is 5.97 Å². The van der Waals surface area contributed by atoms with Crippen molar-refractivity contribution >= 4 is 5.97 Å². The lowest BCUT2D eigenvalue weighted by atomic mass is 10.1. The Balaban J connectivity index is 1.52. The van der Waals surface area contributed by atoms with Crippen LogP contribution >= 0.6 is 0 Å². The number of ether oxygens (including phenoxy) is 1. The first-order valence-corrected chi connectivity index (χ1v) is 11.6. The molecule has 164 valence electrons. The largest absolute Gasteiger partial charge is 0.465 e. The van der Waals surface area contributed by atoms with Crippen LogP contribution in [0.2, 0.25) is 0 Å². The number of esters is 1. The second-order valence-corrected chi connectivity index (χ2v) is 8.01. The smallest absolute Gasteiger partial charge is 0.313 e. The van der Waals surface area contributed by atoms with Gasteiger partial charge in [-0.1, -0.05) is 113 Å². The molecule has 0 saturated heterocycles. The first-order valence-electron chi connectivity index (χ1n) is 11.6. The zero-order chi connectivity index (χ0) is 21.7. The van der Waals surface area contributed by atoms with Crippen molar-refractivity contribution in [3.05, 3.63) is 66.5 Å². The molecule has 31 heavy (non-hydrogen) atoms. The molecular weight excluding hydrogens is 384 g/mol. The Morgan fingerprint density at radius 3 is 2.03 bits per heavy atom. The van der Waals surface area contributed by atoms with E-state index in [9.17, 15) is 4.79 Å². The molecule has 3 aromatic rings. The maximum absolute atomic E-state index is 12.3. The fraction of sp³-hybridized carbons (Fsp3) is 0.407. The Bertz CT molecular complexity index is 847. The summed E-state index contributed by atoms with van der Waals surface area (Å²) >= 11 is 0. The van der Waals surface area contributed by atoms with Crippen molar-refractivity contribution in [1.82, 2.24) is 9.97 Å². The molecule has 0 aliphatic heterocycles. The van der Waals surface area contributed by atoms with Gasteiger partial charge in [0.1, 0.15) is 12.2 Å². The molecule has 0 aliphatic carbocycles. The number of nitrogens with zero attached hydrogens (tertiary/aromatic N) is 1. The summed E-state index contributed by atoms with van der Waals surface area (Å²) < 4.78 is 5.45. The van der Waals surface area contributed by atoms with Gasteiger partial charge in [0.05, 0.1) is 18.0 Å². The van der Waals surface area contributed by atoms with Gasteiger partial charge in [-0.2, -0.15) is 0 Å². The molecule has 4 nitrogen and oxygen atoms in total. The van der Waals surface area contributed by atoms with Crippen molar-refractivity contribution in [3.63, 3.8) is 0 Å². The summed E-state index contributed by atoms with van der Waals surface area (Å²) in [6.07, 6.45) is 9.99. The molecule has 4 heteroatoms. The number of benzene rings is 2. The number of hydrogen-bond donors (Lipinski definition) is 1. The van der Waals surface area contributed by atoms with Crippen molar-refractivity contribution in [1.29, 1.82) is 0 Å². The second-order valence-electron chi connectivity index (χ2n) is 8.01. The van der Waals surface area contributed by atoms with Gasteiger partial charge in [-0.3, -0.25) is 4.79 Å². The van der Waals surface area contributed by atoms with Crippen molar-refractivity contribution in [2.45, 2.75) is 64.7 Å². The average Bonchev–Trinajstić information content (AvgIpc) is 3.23. The predicted molar refractivity (Wildman–Crippen MR) is 127 cm³/mol. The van der Waals surface area contributed by atoms with Crippen LogP contribution in [0.3, 0.4) is 0 Å². The van der Waals surface area contributed by atoms with E-state index in [0.717, 1.165) is 35.4 Å². The maximum Gasteiger partial charge on any atom is 0.313 e. The average molecular weight is 419 g/mol. The highest BCUT2D eigenvalue weighted by atomic mass is 16.5. The zero-order valence-corrected chi connectivity index (χ0v) is 18.6. The molecule has 0 amide bonds. The summed E-state index contributed by atoms with van der Waals surface area (Å²) in [5.41, 5.74) is 3.86. The highest BCUT2D eigenvalue weighted by molar-refractivity contribution is 5.79. The number of aromatic nitrogens is 2. The first-order chi connectivity index (χ1) is 15.3. The van der Waals surface area contributed by atoms with Crippen LogP contribution in [0.1, 0.15) is 64.1 Å². The number of unbranched alkanes of at least 4 members (excludes halogenated alkanes) is 7. The Kier molecular flexibility index (Phi) is 9.36. The molecule has 0 unspecified atom stereocenters. The molecule has 0 fully saturated rings. The Hall–Kier alpha value is -2.88. The topological polar surface area (TPSA) is 55.0 Å². The van der Waals surface area contributed by atoms with E-state index < -0.39 is 0 Å². The molecule has 2 aromatic carbocycles. The van der Waals surface area contributed by atoms with E-state index in [1.54, 1.807) is 0 Å². The maximum atomic E-state index is 12.3. The minimum absolute atomic E-state index is 0.156. The number of carbonyl (C=O) groups is 1. The number of carbonyl (C=O) groups excluding carboxylic acids is 1. The van der Waals surface area contributed by atoms with Gasteiger partial charge in [-0.05, 0) is 6.42 Å². The molecule has 1 heterocycles. The molecule has 0 spiro atoms. The standard InChI is InChI=1S/C27H34N2O2/c1-2-3-4-5-6-7-8-15-20-31-25(30)21-24-28-26(22-16-11-9-12-17-22)27(29-24)23-18-13-10-14-19-23/h9-14,16-19H,2-8,15,20-21H2,1H3,(H,28,29). The molecule has 0 radical (unpaired) electrons. The minimum atomic E-state index is -0.226. The van der Waals surface area contributed by atoms with Gasteiger partial charge in [-0.15, -0.1) is 0 Å². The molecule has 3 rings (SSSR count). The van der Waals surface area contributed by atoms with Crippen LogP contribution in [-0.2, 0) is 16.0 Å². The lowest BCUT2D eigenvalue weighted by molar-refractivity contribution is -0.143. The normalized spacial score (nSPS) is 10.9. The summed E-state index contributed by atoms with van der Waals surface area (Å²) in [5.74, 6) is 0.412. The highest BCUT2D eigenvalue weighted by Gasteiger charge is 2.16. The van der Waals surface area contributed by atoms with E-state index in [2.05, 4.69) is 11.9 Å². The van der Waals surface area contributed by atoms with Gasteiger partial charge in [-0.25, -0.2) is 4.98 Å². The quantitative estimate of drug-likeness (QED) is 0.241. The predicted octanol–water partition coefficient (Wildman–Crippen LogP) is 6.97. The van der Waals surface area contributed by atoms with Crippen molar-refractivity contribution in [2.24, 2.45) is 0 Å². The lowest BCUT2D eigenvalue weighted by Crippen LogP contribution is -2.10. The van der Waals surface area contributed by atoms with E-state index in [1.807, 2.05) is 60.7 Å². The van der Waals surface area contributed by atoms with E-state index in [0.29, 0.717) is 12.4 Å². The zero-order valence-electron chi connectivity index (χ0n) is 18.6. The van der Waals surface area contributed by atoms with E-state index in [-0.39, 0.29) is 12.4 Å². The number of nitrogens with one attached hydrogen (secondary N) is 1. The number of hydrogen-bond acceptors (Lipinski definition) is 3. The molecule has 1 aromatic heterocycles. The Labute approximate surface area is 186 Å². The van der Waals surface area contributed by atoms with Gasteiger partial charge in [0.15, 0.2) is 0 Å². The third-order valence-electron chi connectivity index (χ3n) is 5.44. The fourth-order valence-corrected chi connectivity index (χ4v) is 3.73. The monoisotopic (exact) mass is 418 g/mol. The van der Waals surface area contributed by atoms with Crippen LogP contribution in [0.25, 0.3) is 22.5 Å². The second kappa shape index (κ2) is 12.7. The van der Waals surface area contributed by atoms with E-state index in [1.165, 1.54) is 38.5 Å². The van der Waals surface area contributed by atoms with Gasteiger partial charge in [0, 0.05) is 11.1 Å². The minimum Gasteiger partial charge on any atom is -0.465 e. The SMILES string of the molecule is CCCCCCCCCCOC(=O)Cc1nc(-c2ccccc2)c(-c2ccccc2)[nH]1. The van der Waals surface area contributed by atoms with Crippen LogP contribution in [0.5, 0.6) is 0 Å². The van der Waals surface area contributed by atoms with Crippen molar-refractivity contribution in [3.8, 4) is 22.5 Å². The van der Waals surface area contributed by atoms with E-state index in [4.69, 9.17) is 9.72 Å². The number of rotatable bonds is 13. The summed E-state index contributed by atoms with van der Waals surface area (Å²) in [6.45, 7) is 2.73. The number of imidazole rings is 1. The third-order valence-corrected chi connectivity index (χ3v) is 5.44. The third kappa shape index (κ3) is 7.39. The Morgan fingerprint density at radius 1 is 0.806 bits per heavy atom. The number of H-pyrrole nitrogens is 1. The van der Waals surface area contributed by atoms with Crippen molar-refractivity contribution in [2.75, 3.05) is 6.61 Å². The molecule has 0 atom stereocenters. The lowest BCUT2D eigenvalue weighted by Gasteiger charge is -2.04.